The largest absolute Gasteiger partial charge is 0.485 e. The number of amidine groups is 1. The number of fused-ring (bicyclic) bond motifs is 1. The van der Waals surface area contributed by atoms with Crippen LogP contribution >= 0.6 is 0 Å². The molecule has 0 aliphatic carbocycles. The van der Waals surface area contributed by atoms with E-state index < -0.39 is 5.54 Å². The minimum Gasteiger partial charge on any atom is -0.485 e. The van der Waals surface area contributed by atoms with Gasteiger partial charge in [-0.25, -0.2) is 0 Å². The Morgan fingerprint density at radius 3 is 2.32 bits per heavy atom. The van der Waals surface area contributed by atoms with Crippen LogP contribution in [-0.2, 0) is 16.1 Å². The zero-order valence-electron chi connectivity index (χ0n) is 17.2. The maximum atomic E-state index is 13.1. The van der Waals surface area contributed by atoms with Crippen molar-refractivity contribution in [2.75, 3.05) is 0 Å². The molecule has 1 aromatic rings. The molecule has 0 radical (unpaired) electrons. The minimum absolute atomic E-state index is 0.00420. The first-order valence-electron chi connectivity index (χ1n) is 10.7. The van der Waals surface area contributed by atoms with Gasteiger partial charge >= 0.3 is 0 Å². The summed E-state index contributed by atoms with van der Waals surface area (Å²) in [4.78, 5) is 19.7. The van der Waals surface area contributed by atoms with Crippen LogP contribution in [0.3, 0.4) is 0 Å². The number of benzene rings is 1. The van der Waals surface area contributed by atoms with E-state index in [0.717, 1.165) is 56.9 Å². The second kappa shape index (κ2) is 9.72. The highest BCUT2D eigenvalue weighted by Gasteiger charge is 2.50. The lowest BCUT2D eigenvalue weighted by molar-refractivity contribution is -0.125. The first-order chi connectivity index (χ1) is 13.7. The Balaban J connectivity index is 1.76. The number of unbranched alkanes of at least 4 members (excludes halogenated alkanes) is 4. The van der Waals surface area contributed by atoms with Crippen molar-refractivity contribution in [2.45, 2.75) is 77.4 Å². The van der Waals surface area contributed by atoms with E-state index in [1.54, 1.807) is 0 Å². The average molecular weight is 381 g/mol. The van der Waals surface area contributed by atoms with Crippen LogP contribution < -0.4 is 0 Å². The third kappa shape index (κ3) is 4.37. The molecule has 1 amide bonds. The number of hydrogen-bond acceptors (Lipinski definition) is 3. The summed E-state index contributed by atoms with van der Waals surface area (Å²) in [7, 11) is 0. The minimum atomic E-state index is -0.536. The summed E-state index contributed by atoms with van der Waals surface area (Å²) in [6.07, 6.45) is 14.3. The van der Waals surface area contributed by atoms with Crippen LogP contribution in [0.5, 0.6) is 0 Å². The lowest BCUT2D eigenvalue weighted by atomic mass is 9.84. The number of nitrogens with zero attached hydrogens (tertiary/aromatic N) is 2. The van der Waals surface area contributed by atoms with Crippen molar-refractivity contribution in [1.29, 1.82) is 0 Å². The van der Waals surface area contributed by atoms with Gasteiger partial charge in [0.2, 0.25) is 0 Å². The zero-order valence-corrected chi connectivity index (χ0v) is 17.2. The topological polar surface area (TPSA) is 41.9 Å². The molecule has 2 heterocycles. The maximum Gasteiger partial charge on any atom is 0.274 e. The van der Waals surface area contributed by atoms with E-state index >= 15 is 0 Å². The second-order valence-electron chi connectivity index (χ2n) is 7.70. The molecule has 0 spiro atoms. The number of amides is 1. The molecule has 1 aromatic carbocycles. The molecule has 28 heavy (non-hydrogen) atoms. The van der Waals surface area contributed by atoms with Crippen molar-refractivity contribution in [3.05, 3.63) is 60.0 Å². The van der Waals surface area contributed by atoms with Crippen molar-refractivity contribution in [2.24, 2.45) is 4.99 Å². The summed E-state index contributed by atoms with van der Waals surface area (Å²) in [5.41, 5.74) is 0.567. The Hall–Kier alpha value is -2.36. The Kier molecular flexibility index (Phi) is 7.07. The SMILES string of the molecule is CCCCCC1(CCCCC)C(=O)N=C2C(OCc3ccccc3)=CC=CN21. The van der Waals surface area contributed by atoms with Gasteiger partial charge in [-0.15, -0.1) is 0 Å². The standard InChI is InChI=1S/C24H32N2O2/c1-3-5-10-16-24(17-11-6-4-2)23(27)25-22-21(15-12-18-26(22)24)28-19-20-13-8-7-9-14-20/h7-9,12-15,18H,3-6,10-11,16-17,19H2,1-2H3. The lowest BCUT2D eigenvalue weighted by Crippen LogP contribution is -2.50. The zero-order chi connectivity index (χ0) is 19.8. The van der Waals surface area contributed by atoms with E-state index in [1.807, 2.05) is 48.7 Å². The van der Waals surface area contributed by atoms with Crippen LogP contribution in [0.4, 0.5) is 0 Å². The molecule has 0 saturated carbocycles. The fourth-order valence-corrected chi connectivity index (χ4v) is 4.00. The second-order valence-corrected chi connectivity index (χ2v) is 7.70. The Bertz CT molecular complexity index is 739. The average Bonchev–Trinajstić information content (AvgIpc) is 3.00. The molecule has 0 atom stereocenters. The van der Waals surface area contributed by atoms with E-state index in [4.69, 9.17) is 4.74 Å². The number of rotatable bonds is 11. The smallest absolute Gasteiger partial charge is 0.274 e. The molecule has 0 bridgehead atoms. The highest BCUT2D eigenvalue weighted by molar-refractivity contribution is 6.13. The fraction of sp³-hybridized carbons (Fsp3) is 0.500. The molecule has 4 heteroatoms. The lowest BCUT2D eigenvalue weighted by Gasteiger charge is -2.38. The molecular formula is C24H32N2O2. The van der Waals surface area contributed by atoms with Crippen molar-refractivity contribution >= 4 is 11.7 Å². The Labute approximate surface area is 169 Å². The van der Waals surface area contributed by atoms with Crippen molar-refractivity contribution in [1.82, 2.24) is 4.90 Å². The van der Waals surface area contributed by atoms with Gasteiger partial charge in [-0.05, 0) is 30.6 Å². The van der Waals surface area contributed by atoms with Crippen LogP contribution in [0, 0.1) is 0 Å². The molecule has 2 aliphatic heterocycles. The van der Waals surface area contributed by atoms with E-state index in [1.165, 1.54) is 0 Å². The van der Waals surface area contributed by atoms with Gasteiger partial charge in [0.25, 0.3) is 5.91 Å². The maximum absolute atomic E-state index is 13.1. The van der Waals surface area contributed by atoms with E-state index in [2.05, 4.69) is 23.7 Å². The third-order valence-electron chi connectivity index (χ3n) is 5.62. The monoisotopic (exact) mass is 380 g/mol. The summed E-state index contributed by atoms with van der Waals surface area (Å²) in [6.45, 7) is 4.86. The van der Waals surface area contributed by atoms with Crippen LogP contribution in [0.1, 0.15) is 70.8 Å². The highest BCUT2D eigenvalue weighted by atomic mass is 16.5. The van der Waals surface area contributed by atoms with Gasteiger partial charge < -0.3 is 9.64 Å². The Morgan fingerprint density at radius 2 is 1.68 bits per heavy atom. The van der Waals surface area contributed by atoms with Crippen LogP contribution in [0.25, 0.3) is 0 Å². The van der Waals surface area contributed by atoms with Gasteiger partial charge in [0.05, 0.1) is 0 Å². The van der Waals surface area contributed by atoms with E-state index in [-0.39, 0.29) is 5.91 Å². The molecule has 0 unspecified atom stereocenters. The van der Waals surface area contributed by atoms with E-state index in [9.17, 15) is 4.79 Å². The molecule has 0 aromatic heterocycles. The number of ether oxygens (including phenoxy) is 1. The third-order valence-corrected chi connectivity index (χ3v) is 5.62. The van der Waals surface area contributed by atoms with E-state index in [0.29, 0.717) is 18.2 Å². The number of hydrogen-bond donors (Lipinski definition) is 0. The quantitative estimate of drug-likeness (QED) is 0.459. The first-order valence-corrected chi connectivity index (χ1v) is 10.7. The molecule has 2 aliphatic rings. The van der Waals surface area contributed by atoms with Gasteiger partial charge in [0, 0.05) is 6.20 Å². The molecular weight excluding hydrogens is 348 g/mol. The summed E-state index contributed by atoms with van der Waals surface area (Å²) in [5.74, 6) is 1.36. The first kappa shape index (κ1) is 20.4. The fourth-order valence-electron chi connectivity index (χ4n) is 4.00. The summed E-state index contributed by atoms with van der Waals surface area (Å²) in [6, 6.07) is 10.1. The van der Waals surface area contributed by atoms with Gasteiger partial charge in [-0.2, -0.15) is 4.99 Å². The van der Waals surface area contributed by atoms with Gasteiger partial charge in [0.15, 0.2) is 11.6 Å². The molecule has 4 nitrogen and oxygen atoms in total. The number of carbonyl (C=O) groups excluding carboxylic acids is 1. The summed E-state index contributed by atoms with van der Waals surface area (Å²) in [5, 5.41) is 0. The van der Waals surface area contributed by atoms with Gasteiger partial charge in [0.1, 0.15) is 12.1 Å². The highest BCUT2D eigenvalue weighted by Crippen LogP contribution is 2.38. The predicted octanol–water partition coefficient (Wildman–Crippen LogP) is 5.75. The number of allylic oxidation sites excluding steroid dienone is 2. The molecule has 0 N–H and O–H groups in total. The summed E-state index contributed by atoms with van der Waals surface area (Å²) >= 11 is 0. The molecule has 150 valence electrons. The molecule has 0 saturated heterocycles. The normalized spacial score (nSPS) is 17.4. The number of aliphatic imine (C=N–C) groups is 1. The number of carbonyl (C=O) groups is 1. The van der Waals surface area contributed by atoms with Crippen LogP contribution in [-0.4, -0.2) is 22.2 Å². The van der Waals surface area contributed by atoms with Crippen LogP contribution in [0.2, 0.25) is 0 Å². The van der Waals surface area contributed by atoms with Gasteiger partial charge in [-0.3, -0.25) is 4.79 Å². The van der Waals surface area contributed by atoms with Crippen molar-refractivity contribution in [3.63, 3.8) is 0 Å². The van der Waals surface area contributed by atoms with Crippen LogP contribution in [0.15, 0.2) is 59.4 Å². The molecule has 0 fully saturated rings. The molecule has 3 rings (SSSR count). The predicted molar refractivity (Wildman–Crippen MR) is 114 cm³/mol. The Morgan fingerprint density at radius 1 is 1.00 bits per heavy atom. The summed E-state index contributed by atoms with van der Waals surface area (Å²) < 4.78 is 6.06. The van der Waals surface area contributed by atoms with Crippen molar-refractivity contribution < 1.29 is 9.53 Å². The van der Waals surface area contributed by atoms with Crippen molar-refractivity contribution in [3.8, 4) is 0 Å². The van der Waals surface area contributed by atoms with Gasteiger partial charge in [-0.1, -0.05) is 82.7 Å².